The van der Waals surface area contributed by atoms with E-state index in [1.807, 2.05) is 6.92 Å². The van der Waals surface area contributed by atoms with E-state index in [1.54, 1.807) is 16.9 Å². The van der Waals surface area contributed by atoms with Crippen molar-refractivity contribution >= 4 is 17.4 Å². The maximum Gasteiger partial charge on any atom is 0.271 e. The zero-order valence-electron chi connectivity index (χ0n) is 6.44. The summed E-state index contributed by atoms with van der Waals surface area (Å²) >= 11 is 5.78. The van der Waals surface area contributed by atoms with Crippen LogP contribution in [0.1, 0.15) is 6.92 Å². The van der Waals surface area contributed by atoms with Gasteiger partial charge in [-0.25, -0.2) is 4.98 Å². The van der Waals surface area contributed by atoms with Gasteiger partial charge in [0.25, 0.3) is 5.78 Å². The first-order valence-electron chi connectivity index (χ1n) is 3.53. The Morgan fingerprint density at radius 3 is 3.25 bits per heavy atom. The molecule has 0 spiro atoms. The molecule has 12 heavy (non-hydrogen) atoms. The third-order valence-electron chi connectivity index (χ3n) is 1.43. The van der Waals surface area contributed by atoms with Crippen molar-refractivity contribution in [3.8, 4) is 0 Å². The van der Waals surface area contributed by atoms with Gasteiger partial charge in [-0.1, -0.05) is 16.4 Å². The Balaban J connectivity index is 2.55. The summed E-state index contributed by atoms with van der Waals surface area (Å²) in [4.78, 5) is 10.5. The van der Waals surface area contributed by atoms with Gasteiger partial charge in [-0.05, 0) is 6.92 Å². The fourth-order valence-corrected chi connectivity index (χ4v) is 1.11. The van der Waals surface area contributed by atoms with Gasteiger partial charge in [-0.15, -0.1) is 5.10 Å². The van der Waals surface area contributed by atoms with Crippen LogP contribution in [0.5, 0.6) is 0 Å². The molecule has 2 rings (SSSR count). The summed E-state index contributed by atoms with van der Waals surface area (Å²) in [5.74, 6) is 0.585. The van der Waals surface area contributed by atoms with Gasteiger partial charge in [-0.3, -0.25) is 4.40 Å². The van der Waals surface area contributed by atoms with Crippen LogP contribution >= 0.6 is 11.6 Å². The normalized spacial score (nSPS) is 10.8. The molecule has 64 valence electrons. The van der Waals surface area contributed by atoms with Crippen LogP contribution in [0.4, 0.5) is 0 Å². The van der Waals surface area contributed by atoms with Crippen LogP contribution in [0, 0.1) is 0 Å². The third-order valence-corrected chi connectivity index (χ3v) is 1.71. The summed E-state index contributed by atoms with van der Waals surface area (Å²) in [7, 11) is 0. The highest BCUT2D eigenvalue weighted by Crippen LogP contribution is 2.09. The van der Waals surface area contributed by atoms with Crippen LogP contribution < -0.4 is 4.84 Å². The second-order valence-corrected chi connectivity index (χ2v) is 2.56. The molecule has 0 bridgehead atoms. The fraction of sp³-hybridized carbons (Fsp3) is 0.333. The average Bonchev–Trinajstić information content (AvgIpc) is 2.58. The van der Waals surface area contributed by atoms with Crippen LogP contribution in [0.3, 0.4) is 0 Å². The Hall–Kier alpha value is -1.23. The molecule has 0 aliphatic carbocycles. The van der Waals surface area contributed by atoms with E-state index in [2.05, 4.69) is 10.1 Å². The number of fused-ring (bicyclic) bond motifs is 1. The first-order valence-corrected chi connectivity index (χ1v) is 3.90. The summed E-state index contributed by atoms with van der Waals surface area (Å²) in [5, 5.41) is 4.44. The number of nitrogens with zero attached hydrogens (tertiary/aromatic N) is 4. The van der Waals surface area contributed by atoms with Crippen LogP contribution in [0.2, 0.25) is 5.15 Å². The predicted octanol–water partition coefficient (Wildman–Crippen LogP) is 0.633. The van der Waals surface area contributed by atoms with E-state index < -0.39 is 0 Å². The molecule has 2 aromatic heterocycles. The molecule has 0 fully saturated rings. The zero-order valence-corrected chi connectivity index (χ0v) is 7.19. The topological polar surface area (TPSA) is 44.4 Å². The summed E-state index contributed by atoms with van der Waals surface area (Å²) in [6, 6.07) is 0. The lowest BCUT2D eigenvalue weighted by Crippen LogP contribution is -2.12. The van der Waals surface area contributed by atoms with Gasteiger partial charge in [-0.2, -0.15) is 0 Å². The van der Waals surface area contributed by atoms with Crippen molar-refractivity contribution in [1.29, 1.82) is 0 Å². The molecule has 0 saturated carbocycles. The molecule has 2 heterocycles. The second-order valence-electron chi connectivity index (χ2n) is 2.17. The Morgan fingerprint density at radius 1 is 1.67 bits per heavy atom. The van der Waals surface area contributed by atoms with Crippen LogP contribution in [-0.2, 0) is 0 Å². The molecule has 0 aliphatic rings. The van der Waals surface area contributed by atoms with Crippen molar-refractivity contribution < 1.29 is 4.84 Å². The first kappa shape index (κ1) is 7.42. The number of imidazole rings is 1. The summed E-state index contributed by atoms with van der Waals surface area (Å²) in [6.07, 6.45) is 3.11. The maximum atomic E-state index is 5.78. The number of halogens is 1. The van der Waals surface area contributed by atoms with Crippen molar-refractivity contribution in [1.82, 2.24) is 19.3 Å². The van der Waals surface area contributed by atoms with E-state index in [0.29, 0.717) is 17.5 Å². The van der Waals surface area contributed by atoms with Gasteiger partial charge < -0.3 is 4.84 Å². The van der Waals surface area contributed by atoms with Crippen molar-refractivity contribution in [3.05, 3.63) is 17.7 Å². The van der Waals surface area contributed by atoms with E-state index in [4.69, 9.17) is 16.4 Å². The van der Waals surface area contributed by atoms with Crippen molar-refractivity contribution in [2.24, 2.45) is 0 Å². The largest absolute Gasteiger partial charge is 0.394 e. The van der Waals surface area contributed by atoms with E-state index in [9.17, 15) is 0 Å². The van der Waals surface area contributed by atoms with Gasteiger partial charge in [0.2, 0.25) is 0 Å². The molecule has 0 amide bonds. The molecule has 5 nitrogen and oxygen atoms in total. The summed E-state index contributed by atoms with van der Waals surface area (Å²) in [6.45, 7) is 2.42. The van der Waals surface area contributed by atoms with E-state index in [0.717, 1.165) is 0 Å². The molecule has 0 aliphatic heterocycles. The Bertz CT molecular complexity index is 393. The zero-order chi connectivity index (χ0) is 8.55. The SMILES string of the molecule is CCOn1ncn2c(Cl)cnc12. The Kier molecular flexibility index (Phi) is 1.65. The number of hydrogen-bond acceptors (Lipinski definition) is 3. The molecule has 0 saturated heterocycles. The average molecular weight is 187 g/mol. The van der Waals surface area contributed by atoms with E-state index >= 15 is 0 Å². The van der Waals surface area contributed by atoms with Crippen LogP contribution in [0.15, 0.2) is 12.5 Å². The molecule has 6 heteroatoms. The highest BCUT2D eigenvalue weighted by atomic mass is 35.5. The minimum absolute atomic E-state index is 0.524. The maximum absolute atomic E-state index is 5.78. The molecule has 0 atom stereocenters. The van der Waals surface area contributed by atoms with Gasteiger partial charge in [0.1, 0.15) is 18.1 Å². The standard InChI is InChI=1S/C6H7ClN4O/c1-2-12-11-6-8-3-5(7)10(6)4-9-11/h3-4H,2H2,1H3. The van der Waals surface area contributed by atoms with Crippen LogP contribution in [0.25, 0.3) is 5.78 Å². The number of hydrogen-bond donors (Lipinski definition) is 0. The van der Waals surface area contributed by atoms with Crippen molar-refractivity contribution in [2.45, 2.75) is 6.92 Å². The Morgan fingerprint density at radius 2 is 2.50 bits per heavy atom. The number of rotatable bonds is 2. The second kappa shape index (κ2) is 2.67. The Labute approximate surface area is 73.5 Å². The minimum Gasteiger partial charge on any atom is -0.394 e. The van der Waals surface area contributed by atoms with Gasteiger partial charge in [0.05, 0.1) is 6.20 Å². The lowest BCUT2D eigenvalue weighted by Gasteiger charge is -1.97. The molecule has 2 aromatic rings. The van der Waals surface area contributed by atoms with E-state index in [-0.39, 0.29) is 0 Å². The highest BCUT2D eigenvalue weighted by Gasteiger charge is 2.06. The molecular weight excluding hydrogens is 180 g/mol. The van der Waals surface area contributed by atoms with Crippen molar-refractivity contribution in [2.75, 3.05) is 6.61 Å². The molecule has 0 radical (unpaired) electrons. The lowest BCUT2D eigenvalue weighted by atomic mass is 10.9. The summed E-state index contributed by atoms with van der Waals surface area (Å²) in [5.41, 5.74) is 0. The van der Waals surface area contributed by atoms with Gasteiger partial charge in [0.15, 0.2) is 0 Å². The van der Waals surface area contributed by atoms with Crippen molar-refractivity contribution in [3.63, 3.8) is 0 Å². The quantitative estimate of drug-likeness (QED) is 0.691. The smallest absolute Gasteiger partial charge is 0.271 e. The lowest BCUT2D eigenvalue weighted by molar-refractivity contribution is 0.101. The van der Waals surface area contributed by atoms with Gasteiger partial charge >= 0.3 is 0 Å². The monoisotopic (exact) mass is 186 g/mol. The highest BCUT2D eigenvalue weighted by molar-refractivity contribution is 6.29. The molecule has 0 unspecified atom stereocenters. The third kappa shape index (κ3) is 0.937. The predicted molar refractivity (Wildman–Crippen MR) is 43.1 cm³/mol. The van der Waals surface area contributed by atoms with E-state index in [1.165, 1.54) is 4.85 Å². The van der Waals surface area contributed by atoms with Gasteiger partial charge in [0, 0.05) is 0 Å². The molecular formula is C6H7ClN4O. The summed E-state index contributed by atoms with van der Waals surface area (Å²) < 4.78 is 1.64. The fourth-order valence-electron chi connectivity index (χ4n) is 0.943. The molecule has 0 N–H and O–H groups in total. The van der Waals surface area contributed by atoms with Crippen LogP contribution in [-0.4, -0.2) is 25.9 Å². The number of aromatic nitrogens is 4. The first-order chi connectivity index (χ1) is 5.83. The molecule has 0 aromatic carbocycles. The minimum atomic E-state index is 0.524.